The van der Waals surface area contributed by atoms with Gasteiger partial charge in [-0.1, -0.05) is 46.3 Å². The van der Waals surface area contributed by atoms with Crippen LogP contribution in [-0.2, 0) is 27.9 Å². The van der Waals surface area contributed by atoms with Crippen molar-refractivity contribution < 1.29 is 17.9 Å². The highest BCUT2D eigenvalue weighted by Gasteiger charge is 2.20. The van der Waals surface area contributed by atoms with Crippen molar-refractivity contribution in [1.29, 1.82) is 0 Å². The Morgan fingerprint density at radius 2 is 1.81 bits per heavy atom. The van der Waals surface area contributed by atoms with E-state index < -0.39 is 10.0 Å². The zero-order valence-corrected chi connectivity index (χ0v) is 17.0. The largest absolute Gasteiger partial charge is 0.496 e. The van der Waals surface area contributed by atoms with E-state index in [1.54, 1.807) is 13.2 Å². The summed E-state index contributed by atoms with van der Waals surface area (Å²) < 4.78 is 31.4. The molecule has 0 bridgehead atoms. The monoisotopic (exact) mass is 440 g/mol. The summed E-state index contributed by atoms with van der Waals surface area (Å²) in [6, 6.07) is 14.6. The Bertz CT molecular complexity index is 854. The number of ether oxygens (including phenoxy) is 1. The molecule has 0 aliphatic carbocycles. The van der Waals surface area contributed by atoms with Gasteiger partial charge in [-0.25, -0.2) is 8.42 Å². The summed E-state index contributed by atoms with van der Waals surface area (Å²) in [4.78, 5) is 12.3. The summed E-state index contributed by atoms with van der Waals surface area (Å²) in [7, 11) is -1.97. The summed E-state index contributed by atoms with van der Waals surface area (Å²) in [6.45, 7) is 0.150. The van der Waals surface area contributed by atoms with Crippen LogP contribution in [0, 0.1) is 0 Å². The average Bonchev–Trinajstić information content (AvgIpc) is 2.60. The highest BCUT2D eigenvalue weighted by Crippen LogP contribution is 2.17. The summed E-state index contributed by atoms with van der Waals surface area (Å²) in [6.07, 6.45) is 1.10. The Kier molecular flexibility index (Phi) is 7.19. The zero-order valence-electron chi connectivity index (χ0n) is 14.6. The van der Waals surface area contributed by atoms with Crippen molar-refractivity contribution in [2.75, 3.05) is 19.9 Å². The molecule has 0 heterocycles. The van der Waals surface area contributed by atoms with Gasteiger partial charge in [0.25, 0.3) is 0 Å². The summed E-state index contributed by atoms with van der Waals surface area (Å²) in [5.41, 5.74) is 1.62. The van der Waals surface area contributed by atoms with E-state index in [4.69, 9.17) is 4.74 Å². The van der Waals surface area contributed by atoms with Crippen molar-refractivity contribution >= 4 is 31.9 Å². The fourth-order valence-electron chi connectivity index (χ4n) is 2.34. The standard InChI is InChI=1S/C18H21BrN2O4S/c1-25-17-6-4-3-5-15(17)11-20-18(22)13-21(26(2,23)24)12-14-7-9-16(19)10-8-14/h3-10H,11-13H2,1-2H3,(H,20,22). The van der Waals surface area contributed by atoms with Crippen LogP contribution < -0.4 is 10.1 Å². The molecule has 6 nitrogen and oxygen atoms in total. The molecule has 0 radical (unpaired) electrons. The number of carbonyl (C=O) groups is 1. The molecule has 0 saturated carbocycles. The maximum Gasteiger partial charge on any atom is 0.235 e. The SMILES string of the molecule is COc1ccccc1CNC(=O)CN(Cc1ccc(Br)cc1)S(C)(=O)=O. The van der Waals surface area contributed by atoms with Gasteiger partial charge in [-0.2, -0.15) is 4.31 Å². The van der Waals surface area contributed by atoms with Gasteiger partial charge < -0.3 is 10.1 Å². The molecule has 2 aromatic carbocycles. The van der Waals surface area contributed by atoms with Gasteiger partial charge in [0.05, 0.1) is 19.9 Å². The number of para-hydroxylation sites is 1. The molecule has 2 rings (SSSR count). The second kappa shape index (κ2) is 9.16. The van der Waals surface area contributed by atoms with E-state index in [2.05, 4.69) is 21.2 Å². The van der Waals surface area contributed by atoms with Crippen LogP contribution in [0.4, 0.5) is 0 Å². The van der Waals surface area contributed by atoms with Crippen LogP contribution in [-0.4, -0.2) is 38.5 Å². The minimum absolute atomic E-state index is 0.133. The lowest BCUT2D eigenvalue weighted by Crippen LogP contribution is -2.39. The molecular weight excluding hydrogens is 420 g/mol. The molecule has 0 aliphatic heterocycles. The first-order chi connectivity index (χ1) is 12.3. The van der Waals surface area contributed by atoms with E-state index in [0.29, 0.717) is 5.75 Å². The van der Waals surface area contributed by atoms with Gasteiger partial charge in [-0.3, -0.25) is 4.79 Å². The van der Waals surface area contributed by atoms with E-state index in [1.165, 1.54) is 0 Å². The van der Waals surface area contributed by atoms with Gasteiger partial charge in [-0.05, 0) is 23.8 Å². The maximum atomic E-state index is 12.3. The number of nitrogens with zero attached hydrogens (tertiary/aromatic N) is 1. The van der Waals surface area contributed by atoms with Gasteiger partial charge >= 0.3 is 0 Å². The Hall–Kier alpha value is -1.90. The van der Waals surface area contributed by atoms with Crippen LogP contribution in [0.1, 0.15) is 11.1 Å². The normalized spacial score (nSPS) is 11.4. The molecule has 0 spiro atoms. The van der Waals surface area contributed by atoms with Gasteiger partial charge in [0.15, 0.2) is 0 Å². The highest BCUT2D eigenvalue weighted by atomic mass is 79.9. The minimum Gasteiger partial charge on any atom is -0.496 e. The average molecular weight is 441 g/mol. The maximum absolute atomic E-state index is 12.3. The number of hydrogen-bond donors (Lipinski definition) is 1. The number of sulfonamides is 1. The summed E-state index contributed by atoms with van der Waals surface area (Å²) in [5.74, 6) is 0.293. The summed E-state index contributed by atoms with van der Waals surface area (Å²) >= 11 is 3.34. The molecule has 0 saturated heterocycles. The summed E-state index contributed by atoms with van der Waals surface area (Å²) in [5, 5.41) is 2.74. The third-order valence-corrected chi connectivity index (χ3v) is 5.45. The number of rotatable bonds is 8. The van der Waals surface area contributed by atoms with E-state index in [0.717, 1.165) is 26.2 Å². The van der Waals surface area contributed by atoms with Crippen LogP contribution in [0.5, 0.6) is 5.75 Å². The number of benzene rings is 2. The lowest BCUT2D eigenvalue weighted by Gasteiger charge is -2.20. The molecule has 0 unspecified atom stereocenters. The second-order valence-electron chi connectivity index (χ2n) is 5.75. The topological polar surface area (TPSA) is 75.7 Å². The third-order valence-electron chi connectivity index (χ3n) is 3.73. The van der Waals surface area contributed by atoms with Crippen LogP contribution in [0.3, 0.4) is 0 Å². The molecule has 2 aromatic rings. The predicted molar refractivity (Wildman–Crippen MR) is 104 cm³/mol. The van der Waals surface area contributed by atoms with Crippen LogP contribution in [0.2, 0.25) is 0 Å². The molecule has 26 heavy (non-hydrogen) atoms. The first-order valence-corrected chi connectivity index (χ1v) is 10.5. The molecule has 8 heteroatoms. The molecular formula is C18H21BrN2O4S. The molecule has 0 atom stereocenters. The lowest BCUT2D eigenvalue weighted by atomic mass is 10.2. The Labute approximate surface area is 162 Å². The molecule has 0 aromatic heterocycles. The number of nitrogens with one attached hydrogen (secondary N) is 1. The zero-order chi connectivity index (χ0) is 19.2. The second-order valence-corrected chi connectivity index (χ2v) is 8.64. The van der Waals surface area contributed by atoms with E-state index in [9.17, 15) is 13.2 Å². The number of carbonyl (C=O) groups excluding carboxylic acids is 1. The Morgan fingerprint density at radius 3 is 2.42 bits per heavy atom. The number of amides is 1. The van der Waals surface area contributed by atoms with Gasteiger partial charge in [0, 0.05) is 23.1 Å². The van der Waals surface area contributed by atoms with Crippen molar-refractivity contribution in [3.8, 4) is 5.75 Å². The van der Waals surface area contributed by atoms with E-state index in [-0.39, 0.29) is 25.5 Å². The predicted octanol–water partition coefficient (Wildman–Crippen LogP) is 2.54. The number of methoxy groups -OCH3 is 1. The number of hydrogen-bond acceptors (Lipinski definition) is 4. The quantitative estimate of drug-likeness (QED) is 0.683. The van der Waals surface area contributed by atoms with Crippen molar-refractivity contribution in [2.45, 2.75) is 13.1 Å². The first-order valence-electron chi connectivity index (χ1n) is 7.88. The molecule has 0 aliphatic rings. The molecule has 1 N–H and O–H groups in total. The van der Waals surface area contributed by atoms with Crippen LogP contribution in [0.25, 0.3) is 0 Å². The Morgan fingerprint density at radius 1 is 1.15 bits per heavy atom. The van der Waals surface area contributed by atoms with Gasteiger partial charge in [0.2, 0.25) is 15.9 Å². The minimum atomic E-state index is -3.53. The third kappa shape index (κ3) is 6.12. The van der Waals surface area contributed by atoms with Crippen molar-refractivity contribution in [1.82, 2.24) is 9.62 Å². The molecule has 0 fully saturated rings. The van der Waals surface area contributed by atoms with Crippen LogP contribution >= 0.6 is 15.9 Å². The van der Waals surface area contributed by atoms with Crippen molar-refractivity contribution in [2.24, 2.45) is 0 Å². The fourth-order valence-corrected chi connectivity index (χ4v) is 3.34. The number of halogens is 1. The smallest absolute Gasteiger partial charge is 0.235 e. The van der Waals surface area contributed by atoms with E-state index >= 15 is 0 Å². The highest BCUT2D eigenvalue weighted by molar-refractivity contribution is 9.10. The van der Waals surface area contributed by atoms with E-state index in [1.807, 2.05) is 42.5 Å². The van der Waals surface area contributed by atoms with Crippen molar-refractivity contribution in [3.05, 3.63) is 64.1 Å². The van der Waals surface area contributed by atoms with Crippen molar-refractivity contribution in [3.63, 3.8) is 0 Å². The van der Waals surface area contributed by atoms with Crippen LogP contribution in [0.15, 0.2) is 53.0 Å². The Balaban J connectivity index is 2.01. The lowest BCUT2D eigenvalue weighted by molar-refractivity contribution is -0.121. The van der Waals surface area contributed by atoms with Gasteiger partial charge in [-0.15, -0.1) is 0 Å². The fraction of sp³-hybridized carbons (Fsp3) is 0.278. The first kappa shape index (κ1) is 20.4. The van der Waals surface area contributed by atoms with Gasteiger partial charge in [0.1, 0.15) is 5.75 Å². The molecule has 1 amide bonds. The molecule has 140 valence electrons.